The van der Waals surface area contributed by atoms with E-state index in [0.29, 0.717) is 6.61 Å². The van der Waals surface area contributed by atoms with Crippen LogP contribution in [0.15, 0.2) is 24.3 Å². The summed E-state index contributed by atoms with van der Waals surface area (Å²) in [7, 11) is 0. The van der Waals surface area contributed by atoms with Gasteiger partial charge in [0.2, 0.25) is 0 Å². The summed E-state index contributed by atoms with van der Waals surface area (Å²) < 4.78 is 0. The SMILES string of the molecule is CCON(CC)c1ccc(C)cc1. The van der Waals surface area contributed by atoms with E-state index in [0.717, 1.165) is 12.2 Å². The molecule has 1 aromatic rings. The molecule has 0 aliphatic carbocycles. The van der Waals surface area contributed by atoms with E-state index in [-0.39, 0.29) is 0 Å². The molecule has 0 aliphatic heterocycles. The summed E-state index contributed by atoms with van der Waals surface area (Å²) >= 11 is 0. The van der Waals surface area contributed by atoms with Gasteiger partial charge < -0.3 is 0 Å². The molecule has 2 nitrogen and oxygen atoms in total. The minimum absolute atomic E-state index is 0.710. The molecule has 1 rings (SSSR count). The fraction of sp³-hybridized carbons (Fsp3) is 0.455. The second kappa shape index (κ2) is 4.87. The van der Waals surface area contributed by atoms with Crippen molar-refractivity contribution in [3.63, 3.8) is 0 Å². The summed E-state index contributed by atoms with van der Waals surface area (Å²) in [5, 5.41) is 1.90. The van der Waals surface area contributed by atoms with Crippen LogP contribution in [0.25, 0.3) is 0 Å². The van der Waals surface area contributed by atoms with Gasteiger partial charge in [-0.3, -0.25) is 9.90 Å². The first-order valence-electron chi connectivity index (χ1n) is 4.75. The first kappa shape index (κ1) is 10.1. The van der Waals surface area contributed by atoms with E-state index in [1.54, 1.807) is 0 Å². The zero-order chi connectivity index (χ0) is 9.68. The van der Waals surface area contributed by atoms with Crippen LogP contribution in [0.4, 0.5) is 5.69 Å². The molecule has 2 heteroatoms. The van der Waals surface area contributed by atoms with Gasteiger partial charge in [-0.15, -0.1) is 0 Å². The summed E-state index contributed by atoms with van der Waals surface area (Å²) in [6, 6.07) is 8.34. The van der Waals surface area contributed by atoms with Gasteiger partial charge in [0, 0.05) is 6.54 Å². The van der Waals surface area contributed by atoms with Crippen molar-refractivity contribution in [1.82, 2.24) is 0 Å². The number of rotatable bonds is 4. The van der Waals surface area contributed by atoms with E-state index >= 15 is 0 Å². The van der Waals surface area contributed by atoms with Crippen molar-refractivity contribution < 1.29 is 4.84 Å². The first-order chi connectivity index (χ1) is 6.27. The second-order valence-electron chi connectivity index (χ2n) is 2.95. The monoisotopic (exact) mass is 179 g/mol. The number of nitrogens with zero attached hydrogens (tertiary/aromatic N) is 1. The molecule has 0 aliphatic rings. The average molecular weight is 179 g/mol. The standard InChI is InChI=1S/C11H17NO/c1-4-12(13-5-2)11-8-6-10(3)7-9-11/h6-9H,4-5H2,1-3H3. The number of benzene rings is 1. The molecule has 0 fully saturated rings. The van der Waals surface area contributed by atoms with Gasteiger partial charge >= 0.3 is 0 Å². The lowest BCUT2D eigenvalue weighted by Crippen LogP contribution is -2.22. The van der Waals surface area contributed by atoms with Gasteiger partial charge in [-0.2, -0.15) is 0 Å². The Bertz CT molecular complexity index is 243. The Hall–Kier alpha value is -1.02. The number of aryl methyl sites for hydroxylation is 1. The van der Waals surface area contributed by atoms with Crippen LogP contribution in [0.5, 0.6) is 0 Å². The number of hydroxylamine groups is 1. The van der Waals surface area contributed by atoms with Gasteiger partial charge in [-0.05, 0) is 32.9 Å². The largest absolute Gasteiger partial charge is 0.274 e. The van der Waals surface area contributed by atoms with Gasteiger partial charge in [-0.25, -0.2) is 0 Å². The molecule has 0 saturated carbocycles. The molecule has 0 bridgehead atoms. The predicted octanol–water partition coefficient (Wildman–Crippen LogP) is 2.77. The summed E-state index contributed by atoms with van der Waals surface area (Å²) in [5.74, 6) is 0. The highest BCUT2D eigenvalue weighted by molar-refractivity contribution is 5.44. The summed E-state index contributed by atoms with van der Waals surface area (Å²) in [4.78, 5) is 5.45. The van der Waals surface area contributed by atoms with Crippen molar-refractivity contribution in [2.24, 2.45) is 0 Å². The van der Waals surface area contributed by atoms with Crippen molar-refractivity contribution in [1.29, 1.82) is 0 Å². The van der Waals surface area contributed by atoms with E-state index in [9.17, 15) is 0 Å². The average Bonchev–Trinajstić information content (AvgIpc) is 2.16. The molecule has 13 heavy (non-hydrogen) atoms. The third-order valence-corrected chi connectivity index (χ3v) is 1.89. The normalized spacial score (nSPS) is 10.1. The maximum atomic E-state index is 5.45. The Kier molecular flexibility index (Phi) is 3.77. The van der Waals surface area contributed by atoms with E-state index in [2.05, 4.69) is 38.1 Å². The fourth-order valence-electron chi connectivity index (χ4n) is 1.22. The van der Waals surface area contributed by atoms with Crippen molar-refractivity contribution in [2.75, 3.05) is 18.2 Å². The molecule has 0 spiro atoms. The number of anilines is 1. The van der Waals surface area contributed by atoms with Crippen LogP contribution in [0.2, 0.25) is 0 Å². The van der Waals surface area contributed by atoms with Crippen LogP contribution < -0.4 is 5.06 Å². The quantitative estimate of drug-likeness (QED) is 0.659. The first-order valence-corrected chi connectivity index (χ1v) is 4.75. The van der Waals surface area contributed by atoms with Gasteiger partial charge in [0.25, 0.3) is 0 Å². The Morgan fingerprint density at radius 1 is 1.15 bits per heavy atom. The highest BCUT2D eigenvalue weighted by Crippen LogP contribution is 2.14. The van der Waals surface area contributed by atoms with Crippen molar-refractivity contribution in [2.45, 2.75) is 20.8 Å². The van der Waals surface area contributed by atoms with Crippen LogP contribution in [-0.4, -0.2) is 13.2 Å². The van der Waals surface area contributed by atoms with E-state index in [1.807, 2.05) is 12.0 Å². The molecule has 72 valence electrons. The maximum absolute atomic E-state index is 5.45. The minimum Gasteiger partial charge on any atom is -0.274 e. The van der Waals surface area contributed by atoms with Gasteiger partial charge in [0.15, 0.2) is 0 Å². The number of hydrogen-bond donors (Lipinski definition) is 0. The van der Waals surface area contributed by atoms with Crippen LogP contribution in [-0.2, 0) is 4.84 Å². The molecule has 1 aromatic carbocycles. The summed E-state index contributed by atoms with van der Waals surface area (Å²) in [5.41, 5.74) is 2.39. The lowest BCUT2D eigenvalue weighted by molar-refractivity contribution is 0.123. The zero-order valence-electron chi connectivity index (χ0n) is 8.58. The molecular formula is C11H17NO. The topological polar surface area (TPSA) is 12.5 Å². The Morgan fingerprint density at radius 3 is 2.23 bits per heavy atom. The number of hydrogen-bond acceptors (Lipinski definition) is 2. The minimum atomic E-state index is 0.710. The molecule has 0 saturated heterocycles. The van der Waals surface area contributed by atoms with Gasteiger partial charge in [0.1, 0.15) is 0 Å². The van der Waals surface area contributed by atoms with Crippen molar-refractivity contribution >= 4 is 5.69 Å². The lowest BCUT2D eigenvalue weighted by atomic mass is 10.2. The van der Waals surface area contributed by atoms with Crippen LogP contribution in [0.1, 0.15) is 19.4 Å². The van der Waals surface area contributed by atoms with Crippen molar-refractivity contribution in [3.05, 3.63) is 29.8 Å². The highest BCUT2D eigenvalue weighted by atomic mass is 16.7. The summed E-state index contributed by atoms with van der Waals surface area (Å²) in [6.45, 7) is 7.74. The fourth-order valence-corrected chi connectivity index (χ4v) is 1.22. The molecule has 0 atom stereocenters. The van der Waals surface area contributed by atoms with E-state index in [4.69, 9.17) is 4.84 Å². The van der Waals surface area contributed by atoms with Crippen LogP contribution >= 0.6 is 0 Å². The Morgan fingerprint density at radius 2 is 1.77 bits per heavy atom. The summed E-state index contributed by atoms with van der Waals surface area (Å²) in [6.07, 6.45) is 0. The molecule has 0 amide bonds. The molecule has 0 heterocycles. The molecule has 0 unspecified atom stereocenters. The van der Waals surface area contributed by atoms with Crippen LogP contribution in [0.3, 0.4) is 0 Å². The smallest absolute Gasteiger partial charge is 0.0720 e. The van der Waals surface area contributed by atoms with E-state index in [1.165, 1.54) is 5.56 Å². The second-order valence-corrected chi connectivity index (χ2v) is 2.95. The Labute approximate surface area is 80.1 Å². The van der Waals surface area contributed by atoms with Crippen LogP contribution in [0, 0.1) is 6.92 Å². The molecule has 0 radical (unpaired) electrons. The van der Waals surface area contributed by atoms with Gasteiger partial charge in [0.05, 0.1) is 12.3 Å². The van der Waals surface area contributed by atoms with E-state index < -0.39 is 0 Å². The lowest BCUT2D eigenvalue weighted by Gasteiger charge is -2.21. The molecule has 0 N–H and O–H groups in total. The van der Waals surface area contributed by atoms with Gasteiger partial charge in [-0.1, -0.05) is 17.7 Å². The predicted molar refractivity (Wildman–Crippen MR) is 55.8 cm³/mol. The van der Waals surface area contributed by atoms with Crippen molar-refractivity contribution in [3.8, 4) is 0 Å². The third kappa shape index (κ3) is 2.74. The highest BCUT2D eigenvalue weighted by Gasteiger charge is 2.01. The zero-order valence-corrected chi connectivity index (χ0v) is 8.58. The third-order valence-electron chi connectivity index (χ3n) is 1.89. The maximum Gasteiger partial charge on any atom is 0.0720 e. The molecular weight excluding hydrogens is 162 g/mol. The molecule has 0 aromatic heterocycles. The Balaban J connectivity index is 2.73.